The minimum Gasteiger partial charge on any atom is -0.394 e. The fraction of sp³-hybridized carbons (Fsp3) is 0.864. The topological polar surface area (TPSA) is 108 Å². The summed E-state index contributed by atoms with van der Waals surface area (Å²) in [4.78, 5) is 41.5. The van der Waals surface area contributed by atoms with Gasteiger partial charge in [-0.25, -0.2) is 0 Å². The first kappa shape index (κ1) is 23.0. The number of aliphatic hydroxyl groups is 1. The molecule has 0 aromatic heterocycles. The van der Waals surface area contributed by atoms with E-state index < -0.39 is 29.5 Å². The Kier molecular flexibility index (Phi) is 6.77. The first-order valence-corrected chi connectivity index (χ1v) is 11.4. The Balaban J connectivity index is 2.04. The van der Waals surface area contributed by atoms with Gasteiger partial charge in [0.25, 0.3) is 0 Å². The number of amides is 3. The fourth-order valence-electron chi connectivity index (χ4n) is 5.86. The van der Waals surface area contributed by atoms with Crippen molar-refractivity contribution in [1.82, 2.24) is 15.5 Å². The van der Waals surface area contributed by atoms with Gasteiger partial charge in [-0.1, -0.05) is 33.6 Å². The number of nitrogens with zero attached hydrogens (tertiary/aromatic N) is 1. The molecule has 3 rings (SSSR count). The van der Waals surface area contributed by atoms with Gasteiger partial charge < -0.3 is 25.4 Å². The lowest BCUT2D eigenvalue weighted by Gasteiger charge is -2.39. The molecule has 3 heterocycles. The average molecular weight is 424 g/mol. The van der Waals surface area contributed by atoms with Gasteiger partial charge in [0, 0.05) is 13.1 Å². The van der Waals surface area contributed by atoms with Crippen molar-refractivity contribution in [2.24, 2.45) is 17.8 Å². The molecule has 30 heavy (non-hydrogen) atoms. The van der Waals surface area contributed by atoms with Crippen molar-refractivity contribution in [3.8, 4) is 0 Å². The summed E-state index contributed by atoms with van der Waals surface area (Å²) >= 11 is 0. The number of likely N-dealkylation sites (tertiary alicyclic amines) is 1. The number of ether oxygens (including phenoxy) is 1. The van der Waals surface area contributed by atoms with E-state index in [1.54, 1.807) is 11.9 Å². The van der Waals surface area contributed by atoms with Gasteiger partial charge in [0.2, 0.25) is 17.7 Å². The third-order valence-electron chi connectivity index (χ3n) is 7.49. The van der Waals surface area contributed by atoms with Crippen LogP contribution in [-0.4, -0.2) is 71.2 Å². The number of hydrogen-bond donors (Lipinski definition) is 3. The normalized spacial score (nSPS) is 35.1. The third kappa shape index (κ3) is 3.42. The standard InChI is InChI=1S/C22H37N3O5/c1-6-8-13(4)24-20(28)18-22-10-9-15(30-22)16(19(27)23-5)17(22)21(29)25(18)14(11-26)12(3)7-2/h12-18,26H,6-11H2,1-5H3,(H,23,27)(H,24,28)/t12-,13?,14-,15-,16+,17-,18?,22?/m0/s1. The van der Waals surface area contributed by atoms with Crippen molar-refractivity contribution < 1.29 is 24.2 Å². The molecule has 8 nitrogen and oxygen atoms in total. The van der Waals surface area contributed by atoms with E-state index in [1.807, 2.05) is 20.8 Å². The summed E-state index contributed by atoms with van der Waals surface area (Å²) < 4.78 is 6.34. The maximum absolute atomic E-state index is 13.7. The molecule has 2 bridgehead atoms. The zero-order chi connectivity index (χ0) is 22.2. The van der Waals surface area contributed by atoms with Gasteiger partial charge in [-0.05, 0) is 32.1 Å². The minimum absolute atomic E-state index is 0.00759. The Morgan fingerprint density at radius 2 is 2.00 bits per heavy atom. The molecule has 3 aliphatic heterocycles. The Morgan fingerprint density at radius 3 is 2.57 bits per heavy atom. The van der Waals surface area contributed by atoms with Crippen molar-refractivity contribution in [3.05, 3.63) is 0 Å². The molecule has 0 aromatic carbocycles. The molecule has 8 atom stereocenters. The zero-order valence-corrected chi connectivity index (χ0v) is 18.8. The van der Waals surface area contributed by atoms with Crippen LogP contribution in [0.25, 0.3) is 0 Å². The lowest BCUT2D eigenvalue weighted by Crippen LogP contribution is -2.60. The van der Waals surface area contributed by atoms with Crippen LogP contribution in [0.5, 0.6) is 0 Å². The van der Waals surface area contributed by atoms with Crippen LogP contribution >= 0.6 is 0 Å². The maximum Gasteiger partial charge on any atom is 0.246 e. The first-order chi connectivity index (χ1) is 14.3. The van der Waals surface area contributed by atoms with Crippen LogP contribution in [0.15, 0.2) is 0 Å². The van der Waals surface area contributed by atoms with Crippen LogP contribution in [0.3, 0.4) is 0 Å². The van der Waals surface area contributed by atoms with Gasteiger partial charge in [-0.2, -0.15) is 0 Å². The molecule has 3 fully saturated rings. The van der Waals surface area contributed by atoms with Gasteiger partial charge >= 0.3 is 0 Å². The van der Waals surface area contributed by atoms with Gasteiger partial charge in [-0.15, -0.1) is 0 Å². The summed E-state index contributed by atoms with van der Waals surface area (Å²) in [5.74, 6) is -1.98. The Bertz CT molecular complexity index is 686. The van der Waals surface area contributed by atoms with E-state index in [9.17, 15) is 19.5 Å². The molecule has 0 aliphatic carbocycles. The zero-order valence-electron chi connectivity index (χ0n) is 18.8. The molecular formula is C22H37N3O5. The molecule has 3 N–H and O–H groups in total. The van der Waals surface area contributed by atoms with Crippen LogP contribution < -0.4 is 10.6 Å². The van der Waals surface area contributed by atoms with E-state index in [0.29, 0.717) is 12.8 Å². The molecular weight excluding hydrogens is 386 g/mol. The van der Waals surface area contributed by atoms with Gasteiger partial charge in [-0.3, -0.25) is 14.4 Å². The molecule has 0 radical (unpaired) electrons. The molecule has 1 spiro atoms. The predicted octanol–water partition coefficient (Wildman–Crippen LogP) is 0.819. The highest BCUT2D eigenvalue weighted by Gasteiger charge is 2.75. The maximum atomic E-state index is 13.7. The lowest BCUT2D eigenvalue weighted by atomic mass is 9.70. The van der Waals surface area contributed by atoms with Crippen LogP contribution in [0.4, 0.5) is 0 Å². The van der Waals surface area contributed by atoms with Crippen molar-refractivity contribution in [2.75, 3.05) is 13.7 Å². The molecule has 0 saturated carbocycles. The SMILES string of the molecule is CCCC(C)NC(=O)C1N([C@@H](CO)[C@@H](C)CC)C(=O)[C@@H]2[C@H](C(=O)NC)[C@@H]3CCC12O3. The molecule has 8 heteroatoms. The van der Waals surface area contributed by atoms with Crippen LogP contribution in [0.1, 0.15) is 59.8 Å². The second-order valence-electron chi connectivity index (χ2n) is 9.25. The summed E-state index contributed by atoms with van der Waals surface area (Å²) in [6.07, 6.45) is 3.40. The van der Waals surface area contributed by atoms with Crippen LogP contribution in [0.2, 0.25) is 0 Å². The highest BCUT2D eigenvalue weighted by molar-refractivity contribution is 5.99. The highest BCUT2D eigenvalue weighted by Crippen LogP contribution is 2.59. The summed E-state index contributed by atoms with van der Waals surface area (Å²) in [5, 5.41) is 15.9. The van der Waals surface area contributed by atoms with Crippen LogP contribution in [0, 0.1) is 17.8 Å². The highest BCUT2D eigenvalue weighted by atomic mass is 16.5. The number of rotatable bonds is 9. The Hall–Kier alpha value is -1.67. The second-order valence-corrected chi connectivity index (χ2v) is 9.25. The smallest absolute Gasteiger partial charge is 0.246 e. The van der Waals surface area contributed by atoms with Crippen LogP contribution in [-0.2, 0) is 19.1 Å². The monoisotopic (exact) mass is 423 g/mol. The lowest BCUT2D eigenvalue weighted by molar-refractivity contribution is -0.147. The van der Waals surface area contributed by atoms with Crippen molar-refractivity contribution in [2.45, 2.75) is 89.6 Å². The molecule has 3 unspecified atom stereocenters. The van der Waals surface area contributed by atoms with Crippen molar-refractivity contribution >= 4 is 17.7 Å². The molecule has 3 saturated heterocycles. The number of carbonyl (C=O) groups is 3. The Morgan fingerprint density at radius 1 is 1.30 bits per heavy atom. The summed E-state index contributed by atoms with van der Waals surface area (Å²) in [6.45, 7) is 7.76. The minimum atomic E-state index is -1.00. The second kappa shape index (κ2) is 8.83. The molecule has 3 amide bonds. The number of aliphatic hydroxyl groups excluding tert-OH is 1. The van der Waals surface area contributed by atoms with E-state index in [4.69, 9.17) is 4.74 Å². The third-order valence-corrected chi connectivity index (χ3v) is 7.49. The first-order valence-electron chi connectivity index (χ1n) is 11.4. The summed E-state index contributed by atoms with van der Waals surface area (Å²) in [5.41, 5.74) is -1.00. The molecule has 0 aromatic rings. The summed E-state index contributed by atoms with van der Waals surface area (Å²) in [6, 6.07) is -1.35. The van der Waals surface area contributed by atoms with Gasteiger partial charge in [0.1, 0.15) is 11.6 Å². The van der Waals surface area contributed by atoms with Crippen molar-refractivity contribution in [1.29, 1.82) is 0 Å². The Labute approximate surface area is 179 Å². The quantitative estimate of drug-likeness (QED) is 0.509. The van der Waals surface area contributed by atoms with Gasteiger partial charge in [0.15, 0.2) is 0 Å². The molecule has 170 valence electrons. The predicted molar refractivity (Wildman–Crippen MR) is 111 cm³/mol. The number of carbonyl (C=O) groups excluding carboxylic acids is 3. The number of nitrogens with one attached hydrogen (secondary N) is 2. The summed E-state index contributed by atoms with van der Waals surface area (Å²) in [7, 11) is 1.56. The number of fused-ring (bicyclic) bond motifs is 1. The number of hydrogen-bond acceptors (Lipinski definition) is 5. The van der Waals surface area contributed by atoms with E-state index in [2.05, 4.69) is 17.6 Å². The molecule has 3 aliphatic rings. The van der Waals surface area contributed by atoms with Gasteiger partial charge in [0.05, 0.1) is 30.6 Å². The van der Waals surface area contributed by atoms with E-state index in [1.165, 1.54) is 0 Å². The van der Waals surface area contributed by atoms with E-state index in [0.717, 1.165) is 19.3 Å². The average Bonchev–Trinajstić information content (AvgIpc) is 3.35. The van der Waals surface area contributed by atoms with E-state index >= 15 is 0 Å². The van der Waals surface area contributed by atoms with E-state index in [-0.39, 0.29) is 42.4 Å². The largest absolute Gasteiger partial charge is 0.394 e. The fourth-order valence-corrected chi connectivity index (χ4v) is 5.86. The van der Waals surface area contributed by atoms with Crippen molar-refractivity contribution in [3.63, 3.8) is 0 Å².